The molecule has 1 atom stereocenters. The van der Waals surface area contributed by atoms with E-state index in [4.69, 9.17) is 14.9 Å². The molecule has 4 N–H and O–H groups in total. The molecular formula is C22H30N6O4. The van der Waals surface area contributed by atoms with Gasteiger partial charge in [-0.25, -0.2) is 9.78 Å². The number of carbonyl (C=O) groups is 2. The maximum atomic E-state index is 13.2. The first-order chi connectivity index (χ1) is 15.6. The van der Waals surface area contributed by atoms with Gasteiger partial charge in [-0.1, -0.05) is 0 Å². The SMILES string of the molecule is COc1nccnc1CN/C=C(\C=N)NC(=O)C(NC(=O)OC1CC1)C(C1CC1)C1CC1. The number of hydrogen-bond donors (Lipinski definition) is 4. The van der Waals surface area contributed by atoms with Gasteiger partial charge in [-0.3, -0.25) is 9.78 Å². The Labute approximate surface area is 187 Å². The van der Waals surface area contributed by atoms with E-state index in [0.29, 0.717) is 30.0 Å². The lowest BCUT2D eigenvalue weighted by atomic mass is 9.88. The van der Waals surface area contributed by atoms with Crippen molar-refractivity contribution in [2.75, 3.05) is 7.11 Å². The molecule has 3 saturated carbocycles. The Morgan fingerprint density at radius 1 is 1.16 bits per heavy atom. The summed E-state index contributed by atoms with van der Waals surface area (Å²) in [6.45, 7) is 0.312. The van der Waals surface area contributed by atoms with Crippen LogP contribution >= 0.6 is 0 Å². The highest BCUT2D eigenvalue weighted by Gasteiger charge is 2.48. The first-order valence-corrected chi connectivity index (χ1v) is 11.1. The Hall–Kier alpha value is -3.17. The van der Waals surface area contributed by atoms with Crippen molar-refractivity contribution in [3.63, 3.8) is 0 Å². The summed E-state index contributed by atoms with van der Waals surface area (Å²) < 4.78 is 10.5. The van der Waals surface area contributed by atoms with Crippen LogP contribution in [0.3, 0.4) is 0 Å². The monoisotopic (exact) mass is 442 g/mol. The van der Waals surface area contributed by atoms with Gasteiger partial charge in [0, 0.05) is 24.8 Å². The van der Waals surface area contributed by atoms with Crippen LogP contribution in [0.15, 0.2) is 24.3 Å². The molecule has 3 aliphatic rings. The Kier molecular flexibility index (Phi) is 6.87. The molecule has 2 amide bonds. The van der Waals surface area contributed by atoms with Crippen LogP contribution in [0.5, 0.6) is 5.88 Å². The Balaban J connectivity index is 1.40. The number of allylic oxidation sites excluding steroid dienone is 1. The fourth-order valence-corrected chi connectivity index (χ4v) is 3.96. The summed E-state index contributed by atoms with van der Waals surface area (Å²) in [4.78, 5) is 33.8. The van der Waals surface area contributed by atoms with Crippen molar-refractivity contribution in [3.05, 3.63) is 30.0 Å². The van der Waals surface area contributed by atoms with Gasteiger partial charge in [0.15, 0.2) is 0 Å². The molecule has 3 aliphatic carbocycles. The van der Waals surface area contributed by atoms with Crippen LogP contribution < -0.4 is 20.7 Å². The zero-order chi connectivity index (χ0) is 22.5. The number of methoxy groups -OCH3 is 1. The number of nitrogens with one attached hydrogen (secondary N) is 4. The standard InChI is InChI=1S/C22H30N6O4/c1-31-21-17(25-8-9-26-21)12-24-11-15(10-23)27-20(29)19(28-22(30)32-16-6-7-16)18(13-2-3-13)14-4-5-14/h8-11,13-14,16,18-19,23-24H,2-7,12H2,1H3,(H,27,29)(H,28,30)/b15-11+,23-10?. The van der Waals surface area contributed by atoms with Crippen LogP contribution in [0.2, 0.25) is 0 Å². The van der Waals surface area contributed by atoms with Gasteiger partial charge in [0.05, 0.1) is 19.4 Å². The molecule has 0 radical (unpaired) electrons. The third-order valence-electron chi connectivity index (χ3n) is 5.95. The van der Waals surface area contributed by atoms with Gasteiger partial charge in [0.25, 0.3) is 0 Å². The van der Waals surface area contributed by atoms with Crippen molar-refractivity contribution >= 4 is 18.2 Å². The van der Waals surface area contributed by atoms with E-state index < -0.39 is 12.1 Å². The summed E-state index contributed by atoms with van der Waals surface area (Å²) in [6, 6.07) is -0.676. The molecule has 0 bridgehead atoms. The van der Waals surface area contributed by atoms with Crippen molar-refractivity contribution in [1.82, 2.24) is 25.9 Å². The van der Waals surface area contributed by atoms with E-state index in [-0.39, 0.29) is 23.6 Å². The van der Waals surface area contributed by atoms with E-state index in [9.17, 15) is 9.59 Å². The van der Waals surface area contributed by atoms with E-state index in [2.05, 4.69) is 25.9 Å². The molecule has 32 heavy (non-hydrogen) atoms. The number of aromatic nitrogens is 2. The van der Waals surface area contributed by atoms with Gasteiger partial charge < -0.3 is 30.8 Å². The van der Waals surface area contributed by atoms with Crippen LogP contribution in [-0.4, -0.2) is 47.4 Å². The maximum absolute atomic E-state index is 13.2. The van der Waals surface area contributed by atoms with Crippen LogP contribution in [-0.2, 0) is 16.1 Å². The number of rotatable bonds is 12. The lowest BCUT2D eigenvalue weighted by Gasteiger charge is -2.27. The zero-order valence-corrected chi connectivity index (χ0v) is 18.2. The second-order valence-corrected chi connectivity index (χ2v) is 8.61. The fourth-order valence-electron chi connectivity index (χ4n) is 3.96. The lowest BCUT2D eigenvalue weighted by molar-refractivity contribution is -0.124. The molecule has 4 rings (SSSR count). The topological polar surface area (TPSA) is 138 Å². The van der Waals surface area contributed by atoms with Gasteiger partial charge in [-0.15, -0.1) is 0 Å². The predicted octanol–water partition coefficient (Wildman–Crippen LogP) is 1.88. The van der Waals surface area contributed by atoms with E-state index in [1.807, 2.05) is 0 Å². The molecule has 0 aromatic carbocycles. The summed E-state index contributed by atoms with van der Waals surface area (Å²) in [6.07, 6.45) is 11.2. The number of nitrogens with zero attached hydrogens (tertiary/aromatic N) is 2. The predicted molar refractivity (Wildman–Crippen MR) is 116 cm³/mol. The van der Waals surface area contributed by atoms with Gasteiger partial charge in [0.2, 0.25) is 11.8 Å². The van der Waals surface area contributed by atoms with Crippen molar-refractivity contribution in [3.8, 4) is 5.88 Å². The van der Waals surface area contributed by atoms with Crippen molar-refractivity contribution < 1.29 is 19.1 Å². The van der Waals surface area contributed by atoms with Crippen molar-refractivity contribution in [2.24, 2.45) is 17.8 Å². The maximum Gasteiger partial charge on any atom is 0.408 e. The second kappa shape index (κ2) is 9.97. The van der Waals surface area contributed by atoms with Crippen molar-refractivity contribution in [1.29, 1.82) is 5.41 Å². The second-order valence-electron chi connectivity index (χ2n) is 8.61. The third kappa shape index (κ3) is 5.95. The molecule has 1 aromatic heterocycles. The molecule has 0 saturated heterocycles. The van der Waals surface area contributed by atoms with E-state index >= 15 is 0 Å². The average Bonchev–Trinajstić information content (AvgIpc) is 3.61. The summed E-state index contributed by atoms with van der Waals surface area (Å²) >= 11 is 0. The van der Waals surface area contributed by atoms with Crippen molar-refractivity contribution in [2.45, 2.75) is 57.2 Å². The number of ether oxygens (including phenoxy) is 2. The lowest BCUT2D eigenvalue weighted by Crippen LogP contribution is -2.52. The smallest absolute Gasteiger partial charge is 0.408 e. The van der Waals surface area contributed by atoms with Crippen LogP contribution in [0.4, 0.5) is 4.79 Å². The highest BCUT2D eigenvalue weighted by Crippen LogP contribution is 2.50. The average molecular weight is 443 g/mol. The number of amides is 2. The zero-order valence-electron chi connectivity index (χ0n) is 18.2. The molecule has 0 aliphatic heterocycles. The summed E-state index contributed by atoms with van der Waals surface area (Å²) in [5.41, 5.74) is 0.886. The normalized spacial score (nSPS) is 19.1. The summed E-state index contributed by atoms with van der Waals surface area (Å²) in [5, 5.41) is 16.3. The first kappa shape index (κ1) is 22.0. The van der Waals surface area contributed by atoms with Gasteiger partial charge in [-0.05, 0) is 56.3 Å². The van der Waals surface area contributed by atoms with Crippen LogP contribution in [0.25, 0.3) is 0 Å². The minimum absolute atomic E-state index is 0.0293. The molecule has 10 nitrogen and oxygen atoms in total. The number of alkyl carbamates (subject to hydrolysis) is 1. The molecule has 1 aromatic rings. The highest BCUT2D eigenvalue weighted by atomic mass is 16.6. The molecular weight excluding hydrogens is 412 g/mol. The van der Waals surface area contributed by atoms with Crippen LogP contribution in [0.1, 0.15) is 44.2 Å². The fraction of sp³-hybridized carbons (Fsp3) is 0.591. The molecule has 1 heterocycles. The minimum atomic E-state index is -0.676. The molecule has 1 unspecified atom stereocenters. The molecule has 3 fully saturated rings. The Bertz CT molecular complexity index is 867. The van der Waals surface area contributed by atoms with Gasteiger partial charge >= 0.3 is 6.09 Å². The Morgan fingerprint density at radius 2 is 1.84 bits per heavy atom. The largest absolute Gasteiger partial charge is 0.480 e. The van der Waals surface area contributed by atoms with Gasteiger partial charge in [-0.2, -0.15) is 0 Å². The van der Waals surface area contributed by atoms with E-state index in [1.54, 1.807) is 12.4 Å². The number of hydrogen-bond acceptors (Lipinski definition) is 8. The Morgan fingerprint density at radius 3 is 2.44 bits per heavy atom. The quantitative estimate of drug-likeness (QED) is 0.363. The highest BCUT2D eigenvalue weighted by molar-refractivity contribution is 5.92. The molecule has 172 valence electrons. The van der Waals surface area contributed by atoms with Crippen LogP contribution in [0, 0.1) is 23.2 Å². The third-order valence-corrected chi connectivity index (χ3v) is 5.95. The molecule has 10 heteroatoms. The summed E-state index contributed by atoms with van der Waals surface area (Å²) in [5.74, 6) is 1.09. The van der Waals surface area contributed by atoms with Gasteiger partial charge in [0.1, 0.15) is 17.8 Å². The molecule has 0 spiro atoms. The van der Waals surface area contributed by atoms with E-state index in [1.165, 1.54) is 13.3 Å². The minimum Gasteiger partial charge on any atom is -0.480 e. The van der Waals surface area contributed by atoms with E-state index in [0.717, 1.165) is 44.7 Å². The first-order valence-electron chi connectivity index (χ1n) is 11.1. The summed E-state index contributed by atoms with van der Waals surface area (Å²) in [7, 11) is 1.52. The number of carbonyl (C=O) groups excluding carboxylic acids is 2.